The second-order valence-corrected chi connectivity index (χ2v) is 12.8. The number of hydrogen-bond acceptors (Lipinski definition) is 6. The Kier molecular flexibility index (Phi) is 8.02. The fourth-order valence-electron chi connectivity index (χ4n) is 5.98. The number of rotatable bonds is 9. The van der Waals surface area contributed by atoms with Gasteiger partial charge in [0, 0.05) is 62.0 Å². The van der Waals surface area contributed by atoms with E-state index in [0.29, 0.717) is 34.8 Å². The van der Waals surface area contributed by atoms with Gasteiger partial charge in [0.15, 0.2) is 11.5 Å². The van der Waals surface area contributed by atoms with E-state index in [0.717, 1.165) is 63.1 Å². The zero-order valence-electron chi connectivity index (χ0n) is 25.6. The Bertz CT molecular complexity index is 1790. The second-order valence-electron chi connectivity index (χ2n) is 12.8. The van der Waals surface area contributed by atoms with Gasteiger partial charge in [0.1, 0.15) is 0 Å². The number of nitrogens with zero attached hydrogens (tertiary/aromatic N) is 5. The van der Waals surface area contributed by atoms with Crippen LogP contribution in [-0.2, 0) is 17.5 Å². The van der Waals surface area contributed by atoms with Crippen LogP contribution < -0.4 is 10.6 Å². The van der Waals surface area contributed by atoms with E-state index in [-0.39, 0.29) is 23.1 Å². The summed E-state index contributed by atoms with van der Waals surface area (Å²) in [7, 11) is 0. The first-order chi connectivity index (χ1) is 22.1. The van der Waals surface area contributed by atoms with Crippen molar-refractivity contribution in [2.45, 2.75) is 45.3 Å². The molecular weight excluding hydrogens is 595 g/mol. The van der Waals surface area contributed by atoms with Crippen molar-refractivity contribution in [1.29, 1.82) is 0 Å². The van der Waals surface area contributed by atoms with E-state index in [2.05, 4.69) is 30.5 Å². The number of aryl methyl sites for hydroxylation is 1. The number of hydrogen-bond donors (Lipinski definition) is 2. The van der Waals surface area contributed by atoms with Gasteiger partial charge in [-0.15, -0.1) is 0 Å². The fraction of sp³-hybridized carbons (Fsp3) is 0.412. The van der Waals surface area contributed by atoms with Gasteiger partial charge >= 0.3 is 6.18 Å². The van der Waals surface area contributed by atoms with Crippen molar-refractivity contribution in [3.8, 4) is 11.3 Å². The SMILES string of the molecule is Cc1ccc(C(=O)Nc2cc(CN3CCN(CC4CC4)CC3)cc(C(F)(F)F)c2)cc1-c1ccc2nc(NC(=O)C3CC3)cn2n1. The summed E-state index contributed by atoms with van der Waals surface area (Å²) in [6.07, 6.45) is 1.46. The molecule has 3 aliphatic rings. The van der Waals surface area contributed by atoms with Gasteiger partial charge in [-0.1, -0.05) is 6.07 Å². The Morgan fingerprint density at radius 3 is 2.39 bits per heavy atom. The second kappa shape index (κ2) is 12.1. The lowest BCUT2D eigenvalue weighted by Gasteiger charge is -2.35. The van der Waals surface area contributed by atoms with E-state index in [4.69, 9.17) is 0 Å². The van der Waals surface area contributed by atoms with Crippen LogP contribution in [0.1, 0.15) is 52.7 Å². The summed E-state index contributed by atoms with van der Waals surface area (Å²) in [4.78, 5) is 34.6. The standard InChI is InChI=1S/C34H36F3N7O2/c1-21-2-5-25(16-28(21)29-8-9-31-39-30(20-44(31)41-29)40-32(45)24-6-7-24)33(46)38-27-15-23(14-26(17-27)34(35,36)37)19-43-12-10-42(11-13-43)18-22-3-4-22/h2,5,8-9,14-17,20,22,24H,3-4,6-7,10-13,18-19H2,1H3,(H,38,46)(H,40,45). The lowest BCUT2D eigenvalue weighted by atomic mass is 10.0. The van der Waals surface area contributed by atoms with Gasteiger partial charge in [-0.05, 0) is 92.1 Å². The molecule has 0 unspecified atom stereocenters. The first-order valence-corrected chi connectivity index (χ1v) is 15.8. The lowest BCUT2D eigenvalue weighted by molar-refractivity contribution is -0.137. The molecule has 9 nitrogen and oxygen atoms in total. The van der Waals surface area contributed by atoms with Crippen LogP contribution in [0.3, 0.4) is 0 Å². The maximum absolute atomic E-state index is 13.9. The third-order valence-corrected chi connectivity index (χ3v) is 8.96. The number of imidazole rings is 1. The molecular formula is C34H36F3N7O2. The van der Waals surface area contributed by atoms with Crippen LogP contribution in [0.2, 0.25) is 0 Å². The molecule has 2 saturated carbocycles. The number of anilines is 2. The Morgan fingerprint density at radius 2 is 1.67 bits per heavy atom. The molecule has 7 rings (SSSR count). The van der Waals surface area contributed by atoms with Crippen LogP contribution in [0.25, 0.3) is 16.9 Å². The average Bonchev–Trinajstić information content (AvgIpc) is 3.96. The number of benzene rings is 2. The van der Waals surface area contributed by atoms with Crippen molar-refractivity contribution in [3.05, 3.63) is 77.0 Å². The normalized spacial score (nSPS) is 17.7. The van der Waals surface area contributed by atoms with E-state index in [9.17, 15) is 22.8 Å². The van der Waals surface area contributed by atoms with Gasteiger partial charge in [0.2, 0.25) is 5.91 Å². The molecule has 2 aliphatic carbocycles. The monoisotopic (exact) mass is 631 g/mol. The van der Waals surface area contributed by atoms with E-state index in [1.165, 1.54) is 18.9 Å². The number of amides is 2. The number of nitrogens with one attached hydrogen (secondary N) is 2. The molecule has 0 atom stereocenters. The number of alkyl halides is 3. The van der Waals surface area contributed by atoms with E-state index in [1.807, 2.05) is 6.92 Å². The largest absolute Gasteiger partial charge is 0.416 e. The summed E-state index contributed by atoms with van der Waals surface area (Å²) < 4.78 is 43.3. The summed E-state index contributed by atoms with van der Waals surface area (Å²) >= 11 is 0. The molecule has 2 N–H and O–H groups in total. The number of carbonyl (C=O) groups excluding carboxylic acids is 2. The zero-order chi connectivity index (χ0) is 32.0. The van der Waals surface area contributed by atoms with Gasteiger partial charge < -0.3 is 15.5 Å². The molecule has 1 saturated heterocycles. The maximum Gasteiger partial charge on any atom is 0.416 e. The van der Waals surface area contributed by atoms with Crippen LogP contribution in [0.5, 0.6) is 0 Å². The summed E-state index contributed by atoms with van der Waals surface area (Å²) in [5.74, 6) is 0.706. The highest BCUT2D eigenvalue weighted by atomic mass is 19.4. The molecule has 12 heteroatoms. The minimum Gasteiger partial charge on any atom is -0.322 e. The first kappa shape index (κ1) is 30.4. The van der Waals surface area contributed by atoms with Crippen molar-refractivity contribution >= 4 is 29.0 Å². The third kappa shape index (κ3) is 7.07. The molecule has 1 aliphatic heterocycles. The molecule has 0 bridgehead atoms. The van der Waals surface area contributed by atoms with Crippen molar-refractivity contribution in [2.75, 3.05) is 43.4 Å². The minimum atomic E-state index is -4.55. The predicted molar refractivity (Wildman–Crippen MR) is 168 cm³/mol. The molecule has 46 heavy (non-hydrogen) atoms. The highest BCUT2D eigenvalue weighted by molar-refractivity contribution is 6.05. The van der Waals surface area contributed by atoms with Crippen molar-refractivity contribution in [3.63, 3.8) is 0 Å². The number of aromatic nitrogens is 3. The van der Waals surface area contributed by atoms with Gasteiger partial charge in [-0.3, -0.25) is 14.5 Å². The van der Waals surface area contributed by atoms with E-state index >= 15 is 0 Å². The van der Waals surface area contributed by atoms with E-state index < -0.39 is 17.6 Å². The quantitative estimate of drug-likeness (QED) is 0.241. The number of halogens is 3. The van der Waals surface area contributed by atoms with Crippen molar-refractivity contribution in [2.24, 2.45) is 11.8 Å². The molecule has 240 valence electrons. The Balaban J connectivity index is 1.07. The van der Waals surface area contributed by atoms with Gasteiger partial charge in [0.25, 0.3) is 5.91 Å². The summed E-state index contributed by atoms with van der Waals surface area (Å²) in [5, 5.41) is 10.2. The predicted octanol–water partition coefficient (Wildman–Crippen LogP) is 5.85. The summed E-state index contributed by atoms with van der Waals surface area (Å²) in [6, 6.07) is 12.5. The number of fused-ring (bicyclic) bond motifs is 1. The zero-order valence-corrected chi connectivity index (χ0v) is 25.6. The Labute approximate surface area is 264 Å². The van der Waals surface area contributed by atoms with Gasteiger partial charge in [-0.2, -0.15) is 18.3 Å². The molecule has 2 amide bonds. The van der Waals surface area contributed by atoms with Gasteiger partial charge in [0.05, 0.1) is 17.5 Å². The topological polar surface area (TPSA) is 94.9 Å². The molecule has 0 spiro atoms. The molecule has 0 radical (unpaired) electrons. The number of carbonyl (C=O) groups is 2. The summed E-state index contributed by atoms with van der Waals surface area (Å²) in [5.41, 5.74) is 2.80. The molecule has 4 aromatic rings. The lowest BCUT2D eigenvalue weighted by Crippen LogP contribution is -2.46. The smallest absolute Gasteiger partial charge is 0.322 e. The maximum atomic E-state index is 13.9. The van der Waals surface area contributed by atoms with Gasteiger partial charge in [-0.25, -0.2) is 9.50 Å². The molecule has 2 aromatic heterocycles. The Hall–Kier alpha value is -4.29. The van der Waals surface area contributed by atoms with Crippen molar-refractivity contribution in [1.82, 2.24) is 24.4 Å². The van der Waals surface area contributed by atoms with E-state index in [1.54, 1.807) is 47.1 Å². The first-order valence-electron chi connectivity index (χ1n) is 15.8. The van der Waals surface area contributed by atoms with Crippen LogP contribution in [-0.4, -0.2) is 68.9 Å². The van der Waals surface area contributed by atoms with Crippen LogP contribution in [0, 0.1) is 18.8 Å². The van der Waals surface area contributed by atoms with Crippen LogP contribution >= 0.6 is 0 Å². The molecule has 3 fully saturated rings. The van der Waals surface area contributed by atoms with Crippen LogP contribution in [0.4, 0.5) is 24.7 Å². The third-order valence-electron chi connectivity index (χ3n) is 8.96. The minimum absolute atomic E-state index is 0.0461. The highest BCUT2D eigenvalue weighted by Crippen LogP contribution is 2.34. The average molecular weight is 632 g/mol. The molecule has 3 heterocycles. The van der Waals surface area contributed by atoms with Crippen LogP contribution in [0.15, 0.2) is 54.7 Å². The Morgan fingerprint density at radius 1 is 0.913 bits per heavy atom. The molecule has 2 aromatic carbocycles. The highest BCUT2D eigenvalue weighted by Gasteiger charge is 2.32. The summed E-state index contributed by atoms with van der Waals surface area (Å²) in [6.45, 7) is 6.81. The van der Waals surface area contributed by atoms with Crippen molar-refractivity contribution < 1.29 is 22.8 Å². The number of piperazine rings is 1. The fourth-order valence-corrected chi connectivity index (χ4v) is 5.98.